The molecule has 0 spiro atoms. The SMILES string of the molecule is C=CCC1(CNC(=O)OCCCC)CCC1. The summed E-state index contributed by atoms with van der Waals surface area (Å²) in [6, 6.07) is 0. The molecule has 0 radical (unpaired) electrons. The van der Waals surface area contributed by atoms with Gasteiger partial charge in [-0.2, -0.15) is 0 Å². The maximum Gasteiger partial charge on any atom is 0.407 e. The number of carbonyl (C=O) groups is 1. The minimum Gasteiger partial charge on any atom is -0.450 e. The Morgan fingerprint density at radius 2 is 2.31 bits per heavy atom. The second-order valence-corrected chi connectivity index (χ2v) is 4.69. The molecule has 16 heavy (non-hydrogen) atoms. The van der Waals surface area contributed by atoms with Gasteiger partial charge in [0.25, 0.3) is 0 Å². The summed E-state index contributed by atoms with van der Waals surface area (Å²) >= 11 is 0. The van der Waals surface area contributed by atoms with Gasteiger partial charge in [0.2, 0.25) is 0 Å². The Kier molecular flexibility index (Phi) is 5.36. The van der Waals surface area contributed by atoms with Gasteiger partial charge in [-0.3, -0.25) is 0 Å². The van der Waals surface area contributed by atoms with Crippen LogP contribution in [-0.4, -0.2) is 19.2 Å². The van der Waals surface area contributed by atoms with Gasteiger partial charge in [-0.25, -0.2) is 4.79 Å². The Hall–Kier alpha value is -0.990. The van der Waals surface area contributed by atoms with Crippen LogP contribution < -0.4 is 5.32 Å². The number of hydrogen-bond donors (Lipinski definition) is 1. The lowest BCUT2D eigenvalue weighted by Gasteiger charge is -2.41. The lowest BCUT2D eigenvalue weighted by molar-refractivity contribution is 0.111. The fraction of sp³-hybridized carbons (Fsp3) is 0.769. The number of ether oxygens (including phenoxy) is 1. The van der Waals surface area contributed by atoms with Crippen LogP contribution in [0.5, 0.6) is 0 Å². The first-order valence-corrected chi connectivity index (χ1v) is 6.24. The monoisotopic (exact) mass is 225 g/mol. The predicted octanol–water partition coefficient (Wildman–Crippen LogP) is 3.26. The summed E-state index contributed by atoms with van der Waals surface area (Å²) in [5.41, 5.74) is 0.269. The quantitative estimate of drug-likeness (QED) is 0.533. The average molecular weight is 225 g/mol. The van der Waals surface area contributed by atoms with E-state index in [1.807, 2.05) is 6.08 Å². The van der Waals surface area contributed by atoms with E-state index >= 15 is 0 Å². The lowest BCUT2D eigenvalue weighted by atomic mass is 9.66. The molecule has 0 atom stereocenters. The average Bonchev–Trinajstić information content (AvgIpc) is 2.22. The van der Waals surface area contributed by atoms with Crippen molar-refractivity contribution in [3.8, 4) is 0 Å². The summed E-state index contributed by atoms with van der Waals surface area (Å²) < 4.78 is 5.05. The van der Waals surface area contributed by atoms with Crippen LogP contribution in [0.25, 0.3) is 0 Å². The van der Waals surface area contributed by atoms with Crippen molar-refractivity contribution in [3.05, 3.63) is 12.7 Å². The molecule has 1 N–H and O–H groups in total. The number of nitrogens with one attached hydrogen (secondary N) is 1. The molecule has 0 aromatic rings. The van der Waals surface area contributed by atoms with Crippen molar-refractivity contribution in [1.29, 1.82) is 0 Å². The first-order chi connectivity index (χ1) is 7.72. The highest BCUT2D eigenvalue weighted by molar-refractivity contribution is 5.67. The highest BCUT2D eigenvalue weighted by Gasteiger charge is 2.35. The van der Waals surface area contributed by atoms with Gasteiger partial charge < -0.3 is 10.1 Å². The number of alkyl carbamates (subject to hydrolysis) is 1. The van der Waals surface area contributed by atoms with Crippen molar-refractivity contribution >= 4 is 6.09 Å². The van der Waals surface area contributed by atoms with Crippen molar-refractivity contribution in [3.63, 3.8) is 0 Å². The Morgan fingerprint density at radius 1 is 1.56 bits per heavy atom. The van der Waals surface area contributed by atoms with Crippen LogP contribution in [0.1, 0.15) is 45.4 Å². The van der Waals surface area contributed by atoms with E-state index in [2.05, 4.69) is 18.8 Å². The molecule has 1 amide bonds. The van der Waals surface area contributed by atoms with E-state index in [9.17, 15) is 4.79 Å². The Balaban J connectivity index is 2.17. The largest absolute Gasteiger partial charge is 0.450 e. The topological polar surface area (TPSA) is 38.3 Å². The fourth-order valence-electron chi connectivity index (χ4n) is 2.06. The van der Waals surface area contributed by atoms with Crippen LogP contribution in [0.15, 0.2) is 12.7 Å². The minimum absolute atomic E-state index is 0.269. The van der Waals surface area contributed by atoms with Gasteiger partial charge in [-0.1, -0.05) is 25.8 Å². The van der Waals surface area contributed by atoms with Crippen LogP contribution >= 0.6 is 0 Å². The molecule has 0 unspecified atom stereocenters. The molecule has 1 aliphatic rings. The zero-order valence-corrected chi connectivity index (χ0v) is 10.3. The zero-order valence-electron chi connectivity index (χ0n) is 10.3. The second kappa shape index (κ2) is 6.56. The molecule has 1 fully saturated rings. The molecule has 1 aliphatic carbocycles. The van der Waals surface area contributed by atoms with Crippen LogP contribution in [0.4, 0.5) is 4.79 Å². The smallest absolute Gasteiger partial charge is 0.407 e. The lowest BCUT2D eigenvalue weighted by Crippen LogP contribution is -2.42. The molecule has 0 aliphatic heterocycles. The van der Waals surface area contributed by atoms with Gasteiger partial charge in [0.15, 0.2) is 0 Å². The van der Waals surface area contributed by atoms with Crippen molar-refractivity contribution < 1.29 is 9.53 Å². The maximum atomic E-state index is 11.3. The van der Waals surface area contributed by atoms with Gasteiger partial charge in [-0.05, 0) is 31.1 Å². The van der Waals surface area contributed by atoms with Gasteiger partial charge in [0.05, 0.1) is 6.61 Å². The van der Waals surface area contributed by atoms with Crippen molar-refractivity contribution in [1.82, 2.24) is 5.32 Å². The maximum absolute atomic E-state index is 11.3. The van der Waals surface area contributed by atoms with E-state index in [0.29, 0.717) is 6.61 Å². The standard InChI is InChI=1S/C13H23NO2/c1-3-5-10-16-12(15)14-11-13(7-4-2)8-6-9-13/h4H,2-3,5-11H2,1H3,(H,14,15). The Morgan fingerprint density at radius 3 is 2.81 bits per heavy atom. The zero-order chi connectivity index (χ0) is 11.9. The Labute approximate surface area is 98.2 Å². The van der Waals surface area contributed by atoms with E-state index in [-0.39, 0.29) is 11.5 Å². The normalized spacial score (nSPS) is 17.3. The van der Waals surface area contributed by atoms with Crippen molar-refractivity contribution in [2.75, 3.05) is 13.2 Å². The third-order valence-electron chi connectivity index (χ3n) is 3.33. The summed E-state index contributed by atoms with van der Waals surface area (Å²) in [4.78, 5) is 11.3. The van der Waals surface area contributed by atoms with E-state index < -0.39 is 0 Å². The van der Waals surface area contributed by atoms with Crippen LogP contribution in [0, 0.1) is 5.41 Å². The second-order valence-electron chi connectivity index (χ2n) is 4.69. The van der Waals surface area contributed by atoms with Crippen LogP contribution in [0.2, 0.25) is 0 Å². The third kappa shape index (κ3) is 3.87. The van der Waals surface area contributed by atoms with E-state index in [1.165, 1.54) is 19.3 Å². The fourth-order valence-corrected chi connectivity index (χ4v) is 2.06. The summed E-state index contributed by atoms with van der Waals surface area (Å²) in [5.74, 6) is 0. The molecular formula is C13H23NO2. The molecule has 0 saturated heterocycles. The number of carbonyl (C=O) groups excluding carboxylic acids is 1. The first kappa shape index (κ1) is 13.1. The molecule has 0 bridgehead atoms. The number of amides is 1. The van der Waals surface area contributed by atoms with Gasteiger partial charge in [-0.15, -0.1) is 6.58 Å². The Bertz CT molecular complexity index is 234. The van der Waals surface area contributed by atoms with E-state index in [1.54, 1.807) is 0 Å². The number of hydrogen-bond acceptors (Lipinski definition) is 2. The molecule has 3 nitrogen and oxygen atoms in total. The molecule has 0 heterocycles. The third-order valence-corrected chi connectivity index (χ3v) is 3.33. The summed E-state index contributed by atoms with van der Waals surface area (Å²) in [7, 11) is 0. The molecule has 1 rings (SSSR count). The van der Waals surface area contributed by atoms with E-state index in [0.717, 1.165) is 25.8 Å². The van der Waals surface area contributed by atoms with Crippen LogP contribution in [-0.2, 0) is 4.74 Å². The molecule has 0 aromatic heterocycles. The number of unbranched alkanes of at least 4 members (excludes halogenated alkanes) is 1. The molecule has 92 valence electrons. The number of allylic oxidation sites excluding steroid dienone is 1. The van der Waals surface area contributed by atoms with Gasteiger partial charge >= 0.3 is 6.09 Å². The molecule has 0 aromatic carbocycles. The molecule has 1 saturated carbocycles. The highest BCUT2D eigenvalue weighted by Crippen LogP contribution is 2.43. The summed E-state index contributed by atoms with van der Waals surface area (Å²) in [6.45, 7) is 7.10. The number of rotatable bonds is 7. The highest BCUT2D eigenvalue weighted by atomic mass is 16.5. The molecular weight excluding hydrogens is 202 g/mol. The van der Waals surface area contributed by atoms with E-state index in [4.69, 9.17) is 4.74 Å². The summed E-state index contributed by atoms with van der Waals surface area (Å²) in [5, 5.41) is 2.86. The van der Waals surface area contributed by atoms with Crippen molar-refractivity contribution in [2.45, 2.75) is 45.4 Å². The predicted molar refractivity (Wildman–Crippen MR) is 65.4 cm³/mol. The first-order valence-electron chi connectivity index (χ1n) is 6.24. The van der Waals surface area contributed by atoms with Crippen LogP contribution in [0.3, 0.4) is 0 Å². The van der Waals surface area contributed by atoms with Crippen molar-refractivity contribution in [2.24, 2.45) is 5.41 Å². The van der Waals surface area contributed by atoms with Gasteiger partial charge in [0, 0.05) is 6.54 Å². The summed E-state index contributed by atoms with van der Waals surface area (Å²) in [6.07, 6.45) is 8.29. The minimum atomic E-state index is -0.274. The molecule has 3 heteroatoms. The van der Waals surface area contributed by atoms with Gasteiger partial charge in [0.1, 0.15) is 0 Å².